The molecule has 1 aromatic carbocycles. The molecule has 2 aromatic rings. The van der Waals surface area contributed by atoms with Gasteiger partial charge in [-0.25, -0.2) is 9.37 Å². The number of amides is 1. The fourth-order valence-corrected chi connectivity index (χ4v) is 2.13. The van der Waals surface area contributed by atoms with Gasteiger partial charge in [-0.05, 0) is 18.2 Å². The summed E-state index contributed by atoms with van der Waals surface area (Å²) in [6.45, 7) is 1.81. The van der Waals surface area contributed by atoms with Crippen molar-refractivity contribution in [3.8, 4) is 11.5 Å². The summed E-state index contributed by atoms with van der Waals surface area (Å²) in [7, 11) is 5.05. The number of benzene rings is 1. The summed E-state index contributed by atoms with van der Waals surface area (Å²) in [6, 6.07) is 6.08. The molecule has 6 nitrogen and oxygen atoms in total. The second-order valence-electron chi connectivity index (χ2n) is 5.65. The van der Waals surface area contributed by atoms with Crippen molar-refractivity contribution in [3.05, 3.63) is 42.0 Å². The standard InChI is InChI=1S/C17H22FN3O3/c1-20(2)16(22)11-21(7-8-23-3)10-15-12-24-17(19-15)13-5-4-6-14(18)9-13/h4-6,9,12H,7-8,10-11H2,1-3H3. The number of rotatable bonds is 8. The van der Waals surface area contributed by atoms with Crippen LogP contribution in [0.2, 0.25) is 0 Å². The van der Waals surface area contributed by atoms with Crippen LogP contribution in [0.3, 0.4) is 0 Å². The van der Waals surface area contributed by atoms with Crippen LogP contribution in [0.5, 0.6) is 0 Å². The number of carbonyl (C=O) groups is 1. The first-order valence-corrected chi connectivity index (χ1v) is 7.61. The van der Waals surface area contributed by atoms with Gasteiger partial charge in [0.1, 0.15) is 12.1 Å². The van der Waals surface area contributed by atoms with Crippen molar-refractivity contribution >= 4 is 5.91 Å². The minimum Gasteiger partial charge on any atom is -0.444 e. The number of methoxy groups -OCH3 is 1. The van der Waals surface area contributed by atoms with Gasteiger partial charge in [0.15, 0.2) is 0 Å². The van der Waals surface area contributed by atoms with Gasteiger partial charge in [0.05, 0.1) is 18.8 Å². The Morgan fingerprint density at radius 3 is 2.83 bits per heavy atom. The van der Waals surface area contributed by atoms with E-state index >= 15 is 0 Å². The van der Waals surface area contributed by atoms with E-state index in [0.717, 1.165) is 0 Å². The average Bonchev–Trinajstić information content (AvgIpc) is 3.01. The molecule has 0 atom stereocenters. The smallest absolute Gasteiger partial charge is 0.236 e. The third kappa shape index (κ3) is 5.14. The third-order valence-electron chi connectivity index (χ3n) is 3.48. The Kier molecular flexibility index (Phi) is 6.45. The predicted octanol–water partition coefficient (Wildman–Crippen LogP) is 2.02. The molecule has 24 heavy (non-hydrogen) atoms. The monoisotopic (exact) mass is 335 g/mol. The molecule has 2 rings (SSSR count). The molecule has 0 bridgehead atoms. The highest BCUT2D eigenvalue weighted by atomic mass is 19.1. The molecule has 7 heteroatoms. The molecular formula is C17H22FN3O3. The first-order chi connectivity index (χ1) is 11.5. The number of aromatic nitrogens is 1. The lowest BCUT2D eigenvalue weighted by atomic mass is 10.2. The van der Waals surface area contributed by atoms with E-state index in [2.05, 4.69) is 4.98 Å². The Balaban J connectivity index is 2.07. The molecule has 0 spiro atoms. The quantitative estimate of drug-likeness (QED) is 0.739. The largest absolute Gasteiger partial charge is 0.444 e. The second kappa shape index (κ2) is 8.56. The number of ether oxygens (including phenoxy) is 1. The maximum Gasteiger partial charge on any atom is 0.236 e. The van der Waals surface area contributed by atoms with Crippen molar-refractivity contribution in [3.63, 3.8) is 0 Å². The van der Waals surface area contributed by atoms with Crippen molar-refractivity contribution in [2.45, 2.75) is 6.54 Å². The van der Waals surface area contributed by atoms with E-state index in [0.29, 0.717) is 36.8 Å². The van der Waals surface area contributed by atoms with Gasteiger partial charge >= 0.3 is 0 Å². The normalized spacial score (nSPS) is 11.0. The van der Waals surface area contributed by atoms with Gasteiger partial charge in [0.25, 0.3) is 0 Å². The summed E-state index contributed by atoms with van der Waals surface area (Å²) in [5, 5.41) is 0. The molecule has 1 heterocycles. The zero-order chi connectivity index (χ0) is 17.5. The summed E-state index contributed by atoms with van der Waals surface area (Å²) in [5.74, 6) is 0.0145. The Morgan fingerprint density at radius 1 is 1.38 bits per heavy atom. The summed E-state index contributed by atoms with van der Waals surface area (Å²) in [6.07, 6.45) is 1.53. The van der Waals surface area contributed by atoms with Crippen LogP contribution in [0.4, 0.5) is 4.39 Å². The molecule has 130 valence electrons. The van der Waals surface area contributed by atoms with Gasteiger partial charge in [-0.3, -0.25) is 9.69 Å². The zero-order valence-electron chi connectivity index (χ0n) is 14.2. The van der Waals surface area contributed by atoms with E-state index in [-0.39, 0.29) is 18.3 Å². The van der Waals surface area contributed by atoms with Gasteiger partial charge in [0, 0.05) is 39.9 Å². The number of oxazole rings is 1. The van der Waals surface area contributed by atoms with Crippen LogP contribution in [0, 0.1) is 5.82 Å². The number of nitrogens with zero attached hydrogens (tertiary/aromatic N) is 3. The first kappa shape index (κ1) is 18.1. The molecule has 1 amide bonds. The minimum absolute atomic E-state index is 0.0000446. The molecule has 0 unspecified atom stereocenters. The molecular weight excluding hydrogens is 313 g/mol. The van der Waals surface area contributed by atoms with E-state index in [1.807, 2.05) is 4.90 Å². The van der Waals surface area contributed by atoms with Crippen LogP contribution in [0.15, 0.2) is 34.9 Å². The number of carbonyl (C=O) groups excluding carboxylic acids is 1. The molecule has 0 aliphatic carbocycles. The molecule has 0 fully saturated rings. The van der Waals surface area contributed by atoms with Crippen molar-refractivity contribution in [2.24, 2.45) is 0 Å². The second-order valence-corrected chi connectivity index (χ2v) is 5.65. The molecule has 0 N–H and O–H groups in total. The third-order valence-corrected chi connectivity index (χ3v) is 3.48. The SMILES string of the molecule is COCCN(CC(=O)N(C)C)Cc1coc(-c2cccc(F)c2)n1. The molecule has 0 aliphatic heterocycles. The summed E-state index contributed by atoms with van der Waals surface area (Å²) in [5.41, 5.74) is 1.26. The van der Waals surface area contributed by atoms with Crippen molar-refractivity contribution in [1.82, 2.24) is 14.8 Å². The van der Waals surface area contributed by atoms with Gasteiger partial charge in [-0.1, -0.05) is 6.07 Å². The predicted molar refractivity (Wildman–Crippen MR) is 87.7 cm³/mol. The molecule has 0 saturated heterocycles. The summed E-state index contributed by atoms with van der Waals surface area (Å²) in [4.78, 5) is 19.8. The topological polar surface area (TPSA) is 58.8 Å². The van der Waals surface area contributed by atoms with Crippen LogP contribution >= 0.6 is 0 Å². The molecule has 0 radical (unpaired) electrons. The number of hydrogen-bond donors (Lipinski definition) is 0. The van der Waals surface area contributed by atoms with E-state index in [4.69, 9.17) is 9.15 Å². The minimum atomic E-state index is -0.342. The molecule has 1 aromatic heterocycles. The van der Waals surface area contributed by atoms with Gasteiger partial charge < -0.3 is 14.1 Å². The highest BCUT2D eigenvalue weighted by Gasteiger charge is 2.15. The first-order valence-electron chi connectivity index (χ1n) is 7.61. The lowest BCUT2D eigenvalue weighted by Gasteiger charge is -2.22. The van der Waals surface area contributed by atoms with Gasteiger partial charge in [-0.2, -0.15) is 0 Å². The Morgan fingerprint density at radius 2 is 2.17 bits per heavy atom. The fourth-order valence-electron chi connectivity index (χ4n) is 2.13. The average molecular weight is 335 g/mol. The number of halogens is 1. The number of likely N-dealkylation sites (N-methyl/N-ethyl adjacent to an activating group) is 1. The molecule has 0 aliphatic rings. The van der Waals surface area contributed by atoms with Crippen LogP contribution < -0.4 is 0 Å². The lowest BCUT2D eigenvalue weighted by molar-refractivity contribution is -0.130. The van der Waals surface area contributed by atoms with E-state index in [1.54, 1.807) is 38.2 Å². The molecule has 0 saturated carbocycles. The Bertz CT molecular complexity index is 673. The van der Waals surface area contributed by atoms with Gasteiger partial charge in [-0.15, -0.1) is 0 Å². The van der Waals surface area contributed by atoms with Crippen molar-refractivity contribution in [1.29, 1.82) is 0 Å². The maximum atomic E-state index is 13.3. The zero-order valence-corrected chi connectivity index (χ0v) is 14.2. The highest BCUT2D eigenvalue weighted by Crippen LogP contribution is 2.20. The number of hydrogen-bond acceptors (Lipinski definition) is 5. The maximum absolute atomic E-state index is 13.3. The van der Waals surface area contributed by atoms with E-state index < -0.39 is 0 Å². The Labute approximate surface area is 140 Å². The summed E-state index contributed by atoms with van der Waals surface area (Å²) < 4.78 is 23.8. The lowest BCUT2D eigenvalue weighted by Crippen LogP contribution is -2.38. The van der Waals surface area contributed by atoms with Crippen molar-refractivity contribution < 1.29 is 18.3 Å². The van der Waals surface area contributed by atoms with Crippen LogP contribution in [-0.4, -0.2) is 61.6 Å². The fraction of sp³-hybridized carbons (Fsp3) is 0.412. The van der Waals surface area contributed by atoms with Crippen LogP contribution in [-0.2, 0) is 16.1 Å². The van der Waals surface area contributed by atoms with Crippen LogP contribution in [0.1, 0.15) is 5.69 Å². The van der Waals surface area contributed by atoms with Gasteiger partial charge in [0.2, 0.25) is 11.8 Å². The van der Waals surface area contributed by atoms with Crippen LogP contribution in [0.25, 0.3) is 11.5 Å². The van der Waals surface area contributed by atoms with E-state index in [9.17, 15) is 9.18 Å². The highest BCUT2D eigenvalue weighted by molar-refractivity contribution is 5.77. The Hall–Kier alpha value is -2.25. The van der Waals surface area contributed by atoms with Crippen molar-refractivity contribution in [2.75, 3.05) is 40.9 Å². The van der Waals surface area contributed by atoms with E-state index in [1.165, 1.54) is 18.4 Å². The summed E-state index contributed by atoms with van der Waals surface area (Å²) >= 11 is 0.